The monoisotopic (exact) mass is 222 g/mol. The first-order valence-electron chi connectivity index (χ1n) is 4.82. The predicted octanol–water partition coefficient (Wildman–Crippen LogP) is 1.39. The van der Waals surface area contributed by atoms with Gasteiger partial charge in [-0.2, -0.15) is 9.67 Å². The van der Waals surface area contributed by atoms with Crippen LogP contribution in [0.1, 0.15) is 6.92 Å². The van der Waals surface area contributed by atoms with Crippen molar-refractivity contribution in [3.05, 3.63) is 30.1 Å². The van der Waals surface area contributed by atoms with Gasteiger partial charge < -0.3 is 10.5 Å². The first-order chi connectivity index (χ1) is 7.72. The van der Waals surface area contributed by atoms with Crippen LogP contribution >= 0.6 is 0 Å². The lowest BCUT2D eigenvalue weighted by molar-refractivity contribution is 0.312. The van der Waals surface area contributed by atoms with Crippen molar-refractivity contribution in [3.8, 4) is 11.7 Å². The molecular weight excluding hydrogens is 211 g/mol. The highest BCUT2D eigenvalue weighted by atomic mass is 19.1. The molecule has 0 aliphatic carbocycles. The lowest BCUT2D eigenvalue weighted by atomic mass is 10.3. The molecule has 0 saturated carbocycles. The maximum absolute atomic E-state index is 13.5. The second-order valence-corrected chi connectivity index (χ2v) is 3.05. The Kier molecular flexibility index (Phi) is 2.72. The Morgan fingerprint density at radius 3 is 2.88 bits per heavy atom. The summed E-state index contributed by atoms with van der Waals surface area (Å²) in [6, 6.07) is 6.32. The summed E-state index contributed by atoms with van der Waals surface area (Å²) in [5.41, 5.74) is 5.86. The van der Waals surface area contributed by atoms with Crippen LogP contribution in [0.25, 0.3) is 5.69 Å². The molecule has 0 unspecified atom stereocenters. The van der Waals surface area contributed by atoms with E-state index in [0.29, 0.717) is 6.61 Å². The molecule has 6 heteroatoms. The van der Waals surface area contributed by atoms with Crippen LogP contribution in [0.4, 0.5) is 10.3 Å². The van der Waals surface area contributed by atoms with E-state index in [1.807, 2.05) is 0 Å². The zero-order chi connectivity index (χ0) is 11.5. The fourth-order valence-corrected chi connectivity index (χ4v) is 1.30. The summed E-state index contributed by atoms with van der Waals surface area (Å²) in [6.07, 6.45) is 0. The normalized spacial score (nSPS) is 10.4. The molecule has 2 rings (SSSR count). The third-order valence-electron chi connectivity index (χ3n) is 1.97. The number of hydrogen-bond donors (Lipinski definition) is 1. The summed E-state index contributed by atoms with van der Waals surface area (Å²) in [7, 11) is 0. The molecule has 0 amide bonds. The van der Waals surface area contributed by atoms with Crippen LogP contribution in [0.3, 0.4) is 0 Å². The fourth-order valence-electron chi connectivity index (χ4n) is 1.30. The molecule has 84 valence electrons. The first-order valence-corrected chi connectivity index (χ1v) is 4.82. The van der Waals surface area contributed by atoms with Crippen molar-refractivity contribution in [2.45, 2.75) is 6.92 Å². The predicted molar refractivity (Wildman–Crippen MR) is 56.9 cm³/mol. The molecule has 0 radical (unpaired) electrons. The number of anilines is 1. The molecule has 16 heavy (non-hydrogen) atoms. The molecule has 1 aromatic heterocycles. The number of hydrogen-bond acceptors (Lipinski definition) is 4. The number of para-hydroxylation sites is 1. The highest BCUT2D eigenvalue weighted by Crippen LogP contribution is 2.17. The Bertz CT molecular complexity index is 497. The molecule has 5 nitrogen and oxygen atoms in total. The van der Waals surface area contributed by atoms with Gasteiger partial charge in [0.25, 0.3) is 0 Å². The third-order valence-corrected chi connectivity index (χ3v) is 1.97. The van der Waals surface area contributed by atoms with E-state index in [9.17, 15) is 4.39 Å². The van der Waals surface area contributed by atoms with E-state index < -0.39 is 5.82 Å². The Morgan fingerprint density at radius 1 is 1.44 bits per heavy atom. The van der Waals surface area contributed by atoms with Gasteiger partial charge in [-0.25, -0.2) is 4.39 Å². The molecule has 1 aromatic carbocycles. The SMILES string of the molecule is CCOc1nc(N)n(-c2ccccc2F)n1. The fraction of sp³-hybridized carbons (Fsp3) is 0.200. The number of aromatic nitrogens is 3. The number of benzene rings is 1. The van der Waals surface area contributed by atoms with Crippen molar-refractivity contribution < 1.29 is 9.13 Å². The van der Waals surface area contributed by atoms with Crippen LogP contribution in [0.15, 0.2) is 24.3 Å². The Labute approximate surface area is 91.7 Å². The number of nitrogen functional groups attached to an aromatic ring is 1. The van der Waals surface area contributed by atoms with Gasteiger partial charge in [0.2, 0.25) is 5.95 Å². The lowest BCUT2D eigenvalue weighted by Gasteiger charge is -2.02. The largest absolute Gasteiger partial charge is 0.463 e. The van der Waals surface area contributed by atoms with Gasteiger partial charge in [-0.1, -0.05) is 12.1 Å². The molecular formula is C10H11FN4O. The maximum Gasteiger partial charge on any atom is 0.337 e. The van der Waals surface area contributed by atoms with E-state index in [1.54, 1.807) is 25.1 Å². The number of nitrogens with zero attached hydrogens (tertiary/aromatic N) is 3. The first kappa shape index (κ1) is 10.4. The average Bonchev–Trinajstić information content (AvgIpc) is 2.61. The Morgan fingerprint density at radius 2 is 2.19 bits per heavy atom. The van der Waals surface area contributed by atoms with Crippen molar-refractivity contribution in [3.63, 3.8) is 0 Å². The van der Waals surface area contributed by atoms with Crippen LogP contribution in [-0.2, 0) is 0 Å². The smallest absolute Gasteiger partial charge is 0.337 e. The average molecular weight is 222 g/mol. The van der Waals surface area contributed by atoms with Gasteiger partial charge in [0, 0.05) is 0 Å². The molecule has 0 atom stereocenters. The molecule has 0 spiro atoms. The minimum atomic E-state index is -0.415. The van der Waals surface area contributed by atoms with E-state index in [0.717, 1.165) is 0 Å². The van der Waals surface area contributed by atoms with Gasteiger partial charge in [-0.05, 0) is 19.1 Å². The van der Waals surface area contributed by atoms with Crippen molar-refractivity contribution >= 4 is 5.95 Å². The number of halogens is 1. The summed E-state index contributed by atoms with van der Waals surface area (Å²) in [6.45, 7) is 2.24. The highest BCUT2D eigenvalue weighted by molar-refractivity contribution is 5.39. The standard InChI is InChI=1S/C10H11FN4O/c1-2-16-10-13-9(12)15(14-10)8-6-4-3-5-7(8)11/h3-6H,2H2,1H3,(H2,12,13,14). The van der Waals surface area contributed by atoms with E-state index in [2.05, 4.69) is 10.1 Å². The molecule has 0 saturated heterocycles. The van der Waals surface area contributed by atoms with Crippen LogP contribution in [-0.4, -0.2) is 21.4 Å². The summed E-state index contributed by atoms with van der Waals surface area (Å²) < 4.78 is 19.8. The number of nitrogens with two attached hydrogens (primary N) is 1. The van der Waals surface area contributed by atoms with Gasteiger partial charge in [-0.15, -0.1) is 5.10 Å². The molecule has 0 aliphatic rings. The van der Waals surface area contributed by atoms with Crippen LogP contribution in [0, 0.1) is 5.82 Å². The van der Waals surface area contributed by atoms with Gasteiger partial charge in [-0.3, -0.25) is 0 Å². The highest BCUT2D eigenvalue weighted by Gasteiger charge is 2.12. The second-order valence-electron chi connectivity index (χ2n) is 3.05. The number of rotatable bonds is 3. The lowest BCUT2D eigenvalue weighted by Crippen LogP contribution is -2.04. The Balaban J connectivity index is 2.44. The zero-order valence-corrected chi connectivity index (χ0v) is 8.72. The quantitative estimate of drug-likeness (QED) is 0.852. The molecule has 1 heterocycles. The van der Waals surface area contributed by atoms with Gasteiger partial charge in [0.15, 0.2) is 0 Å². The minimum absolute atomic E-state index is 0.0913. The summed E-state index contributed by atoms with van der Waals surface area (Å²) in [4.78, 5) is 3.86. The van der Waals surface area contributed by atoms with E-state index in [4.69, 9.17) is 10.5 Å². The molecule has 0 fully saturated rings. The van der Waals surface area contributed by atoms with Gasteiger partial charge in [0.1, 0.15) is 11.5 Å². The van der Waals surface area contributed by atoms with Crippen molar-refractivity contribution in [2.75, 3.05) is 12.3 Å². The summed E-state index contributed by atoms with van der Waals surface area (Å²) >= 11 is 0. The topological polar surface area (TPSA) is 66.0 Å². The second kappa shape index (κ2) is 4.18. The van der Waals surface area contributed by atoms with E-state index in [1.165, 1.54) is 10.7 Å². The maximum atomic E-state index is 13.5. The van der Waals surface area contributed by atoms with E-state index >= 15 is 0 Å². The van der Waals surface area contributed by atoms with Crippen molar-refractivity contribution in [2.24, 2.45) is 0 Å². The summed E-state index contributed by atoms with van der Waals surface area (Å²) in [5, 5.41) is 3.95. The van der Waals surface area contributed by atoms with Crippen LogP contribution < -0.4 is 10.5 Å². The van der Waals surface area contributed by atoms with Crippen molar-refractivity contribution in [1.82, 2.24) is 14.8 Å². The van der Waals surface area contributed by atoms with E-state index in [-0.39, 0.29) is 17.6 Å². The molecule has 2 aromatic rings. The minimum Gasteiger partial charge on any atom is -0.463 e. The van der Waals surface area contributed by atoms with Crippen LogP contribution in [0.2, 0.25) is 0 Å². The third kappa shape index (κ3) is 1.81. The van der Waals surface area contributed by atoms with Crippen molar-refractivity contribution in [1.29, 1.82) is 0 Å². The zero-order valence-electron chi connectivity index (χ0n) is 8.72. The number of ether oxygens (including phenoxy) is 1. The molecule has 0 aliphatic heterocycles. The summed E-state index contributed by atoms with van der Waals surface area (Å²) in [5.74, 6) is -0.323. The van der Waals surface area contributed by atoms with Gasteiger partial charge in [0.05, 0.1) is 6.61 Å². The molecule has 0 bridgehead atoms. The molecule has 2 N–H and O–H groups in total. The van der Waals surface area contributed by atoms with Crippen LogP contribution in [0.5, 0.6) is 6.01 Å². The Hall–Kier alpha value is -2.11. The van der Waals surface area contributed by atoms with Gasteiger partial charge >= 0.3 is 6.01 Å².